The van der Waals surface area contributed by atoms with Gasteiger partial charge in [0.2, 0.25) is 5.82 Å². The number of nitrogens with one attached hydrogen (secondary N) is 1. The molecular formula is C24H22N4O2. The molecule has 2 amide bonds. The highest BCUT2D eigenvalue weighted by atomic mass is 16.2. The van der Waals surface area contributed by atoms with Gasteiger partial charge in [0.1, 0.15) is 0 Å². The lowest BCUT2D eigenvalue weighted by Gasteiger charge is -2.16. The smallest absolute Gasteiger partial charge is 0.292 e. The van der Waals surface area contributed by atoms with Crippen LogP contribution in [0.25, 0.3) is 5.52 Å². The number of carbonyl (C=O) groups is 2. The lowest BCUT2D eigenvalue weighted by atomic mass is 10.1. The normalized spacial score (nSPS) is 10.7. The molecule has 6 heteroatoms. The lowest BCUT2D eigenvalue weighted by molar-refractivity contribution is 0.0990. The minimum Gasteiger partial charge on any atom is -0.319 e. The number of aromatic nitrogens is 2. The summed E-state index contributed by atoms with van der Waals surface area (Å²) in [6, 6.07) is 22.4. The third kappa shape index (κ3) is 3.67. The summed E-state index contributed by atoms with van der Waals surface area (Å²) < 4.78 is 1.64. The van der Waals surface area contributed by atoms with E-state index in [0.717, 1.165) is 12.1 Å². The summed E-state index contributed by atoms with van der Waals surface area (Å²) in [6.07, 6.45) is 2.66. The molecule has 30 heavy (non-hydrogen) atoms. The number of amides is 2. The van der Waals surface area contributed by atoms with E-state index in [2.05, 4.69) is 17.2 Å². The molecule has 2 aromatic carbocycles. The molecular weight excluding hydrogens is 376 g/mol. The van der Waals surface area contributed by atoms with Gasteiger partial charge in [-0.2, -0.15) is 0 Å². The van der Waals surface area contributed by atoms with Crippen molar-refractivity contribution in [3.63, 3.8) is 0 Å². The Kier molecular flexibility index (Phi) is 5.30. The zero-order valence-corrected chi connectivity index (χ0v) is 16.9. The van der Waals surface area contributed by atoms with Crippen molar-refractivity contribution in [3.8, 4) is 0 Å². The average molecular weight is 398 g/mol. The van der Waals surface area contributed by atoms with Crippen LogP contribution in [0.15, 0.2) is 79.0 Å². The quantitative estimate of drug-likeness (QED) is 0.541. The number of benzene rings is 2. The fraction of sp³-hybridized carbons (Fsp3) is 0.125. The molecule has 0 radical (unpaired) electrons. The number of anilines is 2. The number of imidazole rings is 1. The van der Waals surface area contributed by atoms with Gasteiger partial charge in [-0.05, 0) is 48.4 Å². The largest absolute Gasteiger partial charge is 0.319 e. The summed E-state index contributed by atoms with van der Waals surface area (Å²) in [5.74, 6) is -0.493. The second-order valence-corrected chi connectivity index (χ2v) is 6.94. The van der Waals surface area contributed by atoms with Crippen molar-refractivity contribution in [1.82, 2.24) is 9.38 Å². The molecule has 0 aliphatic carbocycles. The van der Waals surface area contributed by atoms with Crippen molar-refractivity contribution in [1.29, 1.82) is 0 Å². The Balaban J connectivity index is 1.68. The average Bonchev–Trinajstić information content (AvgIpc) is 3.19. The molecule has 2 heterocycles. The first-order valence-corrected chi connectivity index (χ1v) is 9.79. The molecule has 2 aromatic heterocycles. The maximum Gasteiger partial charge on any atom is 0.292 e. The van der Waals surface area contributed by atoms with Crippen LogP contribution in [-0.4, -0.2) is 28.2 Å². The van der Waals surface area contributed by atoms with Gasteiger partial charge in [-0.15, -0.1) is 0 Å². The molecule has 6 nitrogen and oxygen atoms in total. The molecule has 0 bridgehead atoms. The lowest BCUT2D eigenvalue weighted by Crippen LogP contribution is -2.26. The van der Waals surface area contributed by atoms with Crippen LogP contribution in [0.1, 0.15) is 33.6 Å². The van der Waals surface area contributed by atoms with Crippen molar-refractivity contribution < 1.29 is 9.59 Å². The van der Waals surface area contributed by atoms with E-state index in [1.165, 1.54) is 10.5 Å². The number of pyridine rings is 1. The van der Waals surface area contributed by atoms with Gasteiger partial charge in [0.25, 0.3) is 11.8 Å². The molecule has 0 atom stereocenters. The second kappa shape index (κ2) is 8.21. The van der Waals surface area contributed by atoms with E-state index >= 15 is 0 Å². The molecule has 0 aliphatic rings. The van der Waals surface area contributed by atoms with Gasteiger partial charge >= 0.3 is 0 Å². The number of fused-ring (bicyclic) bond motifs is 1. The molecule has 0 aliphatic heterocycles. The van der Waals surface area contributed by atoms with Gasteiger partial charge in [0.05, 0.1) is 5.52 Å². The van der Waals surface area contributed by atoms with Crippen LogP contribution in [-0.2, 0) is 6.42 Å². The first-order valence-electron chi connectivity index (χ1n) is 9.79. The highest BCUT2D eigenvalue weighted by molar-refractivity contribution is 6.11. The number of rotatable bonds is 5. The molecule has 150 valence electrons. The predicted molar refractivity (Wildman–Crippen MR) is 118 cm³/mol. The molecule has 4 aromatic rings. The predicted octanol–water partition coefficient (Wildman–Crippen LogP) is 4.43. The maximum absolute atomic E-state index is 13.1. The number of nitrogens with zero attached hydrogens (tertiary/aromatic N) is 3. The summed E-state index contributed by atoms with van der Waals surface area (Å²) in [7, 11) is 1.70. The van der Waals surface area contributed by atoms with Crippen LogP contribution >= 0.6 is 0 Å². The highest BCUT2D eigenvalue weighted by Gasteiger charge is 2.24. The first-order chi connectivity index (χ1) is 14.6. The molecule has 0 spiro atoms. The van der Waals surface area contributed by atoms with Gasteiger partial charge in [0.15, 0.2) is 5.69 Å². The highest BCUT2D eigenvalue weighted by Crippen LogP contribution is 2.20. The summed E-state index contributed by atoms with van der Waals surface area (Å²) in [6.45, 7) is 2.08. The third-order valence-corrected chi connectivity index (χ3v) is 5.02. The Morgan fingerprint density at radius 2 is 1.67 bits per heavy atom. The second-order valence-electron chi connectivity index (χ2n) is 6.94. The molecule has 1 N–H and O–H groups in total. The van der Waals surface area contributed by atoms with Gasteiger partial charge < -0.3 is 10.2 Å². The monoisotopic (exact) mass is 398 g/mol. The van der Waals surface area contributed by atoms with E-state index in [1.807, 2.05) is 60.7 Å². The fourth-order valence-corrected chi connectivity index (χ4v) is 3.29. The van der Waals surface area contributed by atoms with E-state index < -0.39 is 0 Å². The van der Waals surface area contributed by atoms with Gasteiger partial charge in [-0.1, -0.05) is 43.3 Å². The van der Waals surface area contributed by atoms with Crippen LogP contribution in [0.5, 0.6) is 0 Å². The zero-order chi connectivity index (χ0) is 21.1. The van der Waals surface area contributed by atoms with Gasteiger partial charge in [-0.3, -0.25) is 14.0 Å². The number of aryl methyl sites for hydroxylation is 1. The van der Waals surface area contributed by atoms with Crippen molar-refractivity contribution in [2.24, 2.45) is 0 Å². The summed E-state index contributed by atoms with van der Waals surface area (Å²) in [5, 5.41) is 2.87. The number of hydrogen-bond donors (Lipinski definition) is 1. The van der Waals surface area contributed by atoms with Crippen LogP contribution in [0.4, 0.5) is 11.4 Å². The van der Waals surface area contributed by atoms with Crippen LogP contribution in [0.3, 0.4) is 0 Å². The summed E-state index contributed by atoms with van der Waals surface area (Å²) in [4.78, 5) is 32.0. The van der Waals surface area contributed by atoms with Crippen molar-refractivity contribution in [2.45, 2.75) is 13.3 Å². The van der Waals surface area contributed by atoms with Crippen LogP contribution < -0.4 is 10.2 Å². The SMILES string of the molecule is CCc1ccc(NC(=O)c2nc(C(=O)N(C)c3ccccc3)c3ccccn23)cc1. The van der Waals surface area contributed by atoms with Crippen molar-refractivity contribution >= 4 is 28.7 Å². The Labute approximate surface area is 174 Å². The van der Waals surface area contributed by atoms with Crippen molar-refractivity contribution in [2.75, 3.05) is 17.3 Å². The Morgan fingerprint density at radius 1 is 0.967 bits per heavy atom. The van der Waals surface area contributed by atoms with Gasteiger partial charge in [0, 0.05) is 24.6 Å². The zero-order valence-electron chi connectivity index (χ0n) is 16.9. The Bertz CT molecular complexity index is 1200. The maximum atomic E-state index is 13.1. The summed E-state index contributed by atoms with van der Waals surface area (Å²) in [5.41, 5.74) is 3.43. The van der Waals surface area contributed by atoms with Crippen molar-refractivity contribution in [3.05, 3.63) is 96.1 Å². The molecule has 4 rings (SSSR count). The van der Waals surface area contributed by atoms with Gasteiger partial charge in [-0.25, -0.2) is 4.98 Å². The van der Waals surface area contributed by atoms with E-state index in [9.17, 15) is 9.59 Å². The minimum atomic E-state index is -0.373. The van der Waals surface area contributed by atoms with E-state index in [4.69, 9.17) is 0 Å². The Hall–Kier alpha value is -3.93. The van der Waals surface area contributed by atoms with Crippen LogP contribution in [0.2, 0.25) is 0 Å². The minimum absolute atomic E-state index is 0.162. The van der Waals surface area contributed by atoms with E-state index in [-0.39, 0.29) is 23.3 Å². The van der Waals surface area contributed by atoms with E-state index in [1.54, 1.807) is 29.8 Å². The van der Waals surface area contributed by atoms with Crippen LogP contribution in [0, 0.1) is 0 Å². The number of para-hydroxylation sites is 1. The fourth-order valence-electron chi connectivity index (χ4n) is 3.29. The number of carbonyl (C=O) groups excluding carboxylic acids is 2. The number of hydrogen-bond acceptors (Lipinski definition) is 3. The topological polar surface area (TPSA) is 66.7 Å². The molecule has 0 saturated heterocycles. The third-order valence-electron chi connectivity index (χ3n) is 5.02. The standard InChI is InChI=1S/C24H22N4O2/c1-3-17-12-14-18(15-13-17)25-23(29)22-26-21(20-11-7-8-16-28(20)22)24(30)27(2)19-9-5-4-6-10-19/h4-16H,3H2,1-2H3,(H,25,29). The Morgan fingerprint density at radius 3 is 2.37 bits per heavy atom. The molecule has 0 unspecified atom stereocenters. The molecule has 0 fully saturated rings. The first kappa shape index (κ1) is 19.4. The summed E-state index contributed by atoms with van der Waals surface area (Å²) >= 11 is 0. The molecule has 0 saturated carbocycles. The van der Waals surface area contributed by atoms with E-state index in [0.29, 0.717) is 11.2 Å².